The Morgan fingerprint density at radius 3 is 2.71 bits per heavy atom. The van der Waals surface area contributed by atoms with Crippen molar-refractivity contribution in [3.05, 3.63) is 22.8 Å². The number of hydrogen-bond acceptors (Lipinski definition) is 2. The molecule has 0 saturated heterocycles. The highest BCUT2D eigenvalue weighted by atomic mass is 79.9. The van der Waals surface area contributed by atoms with Crippen LogP contribution in [-0.2, 0) is 0 Å². The molecule has 2 heterocycles. The maximum absolute atomic E-state index is 4.21. The van der Waals surface area contributed by atoms with E-state index >= 15 is 0 Å². The maximum Gasteiger partial charge on any atom is 0.164 e. The van der Waals surface area contributed by atoms with E-state index in [4.69, 9.17) is 0 Å². The summed E-state index contributed by atoms with van der Waals surface area (Å²) in [6.45, 7) is 0. The van der Waals surface area contributed by atoms with Gasteiger partial charge in [-0.3, -0.25) is 5.10 Å². The van der Waals surface area contributed by atoms with Gasteiger partial charge in [0.25, 0.3) is 0 Å². The topological polar surface area (TPSA) is 47.7 Å². The molecule has 2 rings (SSSR count). The lowest BCUT2D eigenvalue weighted by molar-refractivity contribution is 1.01. The van der Waals surface area contributed by atoms with Gasteiger partial charge in [0.15, 0.2) is 5.82 Å². The van der Waals surface area contributed by atoms with Crippen LogP contribution in [0, 0.1) is 0 Å². The Morgan fingerprint density at radius 1 is 1.43 bits per heavy atom. The number of rotatable bonds is 2. The molecule has 0 fully saturated rings. The summed E-state index contributed by atoms with van der Waals surface area (Å²) in [7, 11) is 3.92. The predicted octanol–water partition coefficient (Wildman–Crippen LogP) is 2.23. The highest BCUT2D eigenvalue weighted by molar-refractivity contribution is 9.10. The molecule has 0 aliphatic heterocycles. The molecule has 0 amide bonds. The molecule has 0 spiro atoms. The van der Waals surface area contributed by atoms with Crippen molar-refractivity contribution >= 4 is 21.7 Å². The Bertz CT molecular complexity index is 416. The summed E-state index contributed by atoms with van der Waals surface area (Å²) >= 11 is 3.52. The Kier molecular flexibility index (Phi) is 2.33. The Hall–Kier alpha value is -1.23. The summed E-state index contributed by atoms with van der Waals surface area (Å²) < 4.78 is 0.977. The number of nitrogens with one attached hydrogen (secondary N) is 2. The number of nitrogens with zero attached hydrogens (tertiary/aromatic N) is 2. The largest absolute Gasteiger partial charge is 0.360 e. The van der Waals surface area contributed by atoms with Crippen LogP contribution >= 0.6 is 15.9 Å². The van der Waals surface area contributed by atoms with Crippen LogP contribution in [0.3, 0.4) is 0 Å². The zero-order valence-corrected chi connectivity index (χ0v) is 9.59. The van der Waals surface area contributed by atoms with Gasteiger partial charge in [-0.1, -0.05) is 0 Å². The van der Waals surface area contributed by atoms with E-state index in [0.29, 0.717) is 0 Å². The quantitative estimate of drug-likeness (QED) is 0.864. The van der Waals surface area contributed by atoms with Gasteiger partial charge in [-0.15, -0.1) is 0 Å². The van der Waals surface area contributed by atoms with Crippen molar-refractivity contribution in [2.45, 2.75) is 0 Å². The minimum absolute atomic E-state index is 0.898. The van der Waals surface area contributed by atoms with Gasteiger partial charge in [0.2, 0.25) is 0 Å². The lowest BCUT2D eigenvalue weighted by atomic mass is 10.3. The van der Waals surface area contributed by atoms with E-state index in [1.807, 2.05) is 37.3 Å². The molecular formula is C9H11BrN4. The van der Waals surface area contributed by atoms with Crippen molar-refractivity contribution in [3.8, 4) is 11.4 Å². The molecule has 0 aromatic carbocycles. The molecule has 2 N–H and O–H groups in total. The average molecular weight is 255 g/mol. The molecule has 0 aliphatic rings. The standard InChI is InChI=1S/C9H11BrN4/c1-14(2)9-7(10)8(12-13-9)6-4-3-5-11-6/h3-5,11H,1-2H3,(H,12,13). The second kappa shape index (κ2) is 3.49. The monoisotopic (exact) mass is 254 g/mol. The van der Waals surface area contributed by atoms with Crippen LogP contribution in [0.1, 0.15) is 0 Å². The van der Waals surface area contributed by atoms with Crippen LogP contribution in [-0.4, -0.2) is 29.3 Å². The van der Waals surface area contributed by atoms with Crippen LogP contribution in [0.25, 0.3) is 11.4 Å². The van der Waals surface area contributed by atoms with Crippen LogP contribution in [0.5, 0.6) is 0 Å². The number of aromatic nitrogens is 3. The van der Waals surface area contributed by atoms with Crippen molar-refractivity contribution in [2.75, 3.05) is 19.0 Å². The van der Waals surface area contributed by atoms with Gasteiger partial charge in [-0.25, -0.2) is 0 Å². The smallest absolute Gasteiger partial charge is 0.164 e. The molecule has 5 heteroatoms. The lowest BCUT2D eigenvalue weighted by Gasteiger charge is -2.07. The van der Waals surface area contributed by atoms with Gasteiger partial charge < -0.3 is 9.88 Å². The molecule has 2 aromatic heterocycles. The molecule has 4 nitrogen and oxygen atoms in total. The second-order valence-corrected chi connectivity index (χ2v) is 4.01. The molecule has 14 heavy (non-hydrogen) atoms. The Labute approximate surface area is 90.5 Å². The molecular weight excluding hydrogens is 244 g/mol. The minimum atomic E-state index is 0.898. The first-order valence-corrected chi connectivity index (χ1v) is 5.04. The molecule has 2 aromatic rings. The van der Waals surface area contributed by atoms with Gasteiger partial charge in [0, 0.05) is 20.3 Å². The van der Waals surface area contributed by atoms with Gasteiger partial charge in [-0.05, 0) is 28.1 Å². The second-order valence-electron chi connectivity index (χ2n) is 3.21. The zero-order chi connectivity index (χ0) is 10.1. The van der Waals surface area contributed by atoms with Crippen molar-refractivity contribution in [2.24, 2.45) is 0 Å². The van der Waals surface area contributed by atoms with E-state index in [1.165, 1.54) is 0 Å². The third-order valence-corrected chi connectivity index (χ3v) is 2.73. The zero-order valence-electron chi connectivity index (χ0n) is 8.00. The van der Waals surface area contributed by atoms with Gasteiger partial charge >= 0.3 is 0 Å². The van der Waals surface area contributed by atoms with E-state index in [-0.39, 0.29) is 0 Å². The third kappa shape index (κ3) is 1.43. The first-order chi connectivity index (χ1) is 6.70. The van der Waals surface area contributed by atoms with E-state index in [9.17, 15) is 0 Å². The van der Waals surface area contributed by atoms with Crippen molar-refractivity contribution < 1.29 is 0 Å². The minimum Gasteiger partial charge on any atom is -0.360 e. The fourth-order valence-corrected chi connectivity index (χ4v) is 2.02. The van der Waals surface area contributed by atoms with Gasteiger partial charge in [-0.2, -0.15) is 5.10 Å². The van der Waals surface area contributed by atoms with E-state index in [2.05, 4.69) is 31.1 Å². The summed E-state index contributed by atoms with van der Waals surface area (Å²) in [5, 5.41) is 7.19. The first-order valence-electron chi connectivity index (χ1n) is 4.25. The molecule has 0 bridgehead atoms. The summed E-state index contributed by atoms with van der Waals surface area (Å²) in [5.74, 6) is 0.898. The van der Waals surface area contributed by atoms with Crippen LogP contribution in [0.15, 0.2) is 22.8 Å². The predicted molar refractivity (Wildman–Crippen MR) is 60.4 cm³/mol. The summed E-state index contributed by atoms with van der Waals surface area (Å²) in [5.41, 5.74) is 2.00. The van der Waals surface area contributed by atoms with Gasteiger partial charge in [0.1, 0.15) is 0 Å². The fraction of sp³-hybridized carbons (Fsp3) is 0.222. The Balaban J connectivity index is 2.47. The van der Waals surface area contributed by atoms with Crippen LogP contribution in [0.2, 0.25) is 0 Å². The van der Waals surface area contributed by atoms with Crippen LogP contribution in [0.4, 0.5) is 5.82 Å². The SMILES string of the molecule is CN(C)c1n[nH]c(-c2ccc[nH]2)c1Br. The number of aromatic amines is 2. The summed E-state index contributed by atoms with van der Waals surface area (Å²) in [6.07, 6.45) is 1.89. The number of H-pyrrole nitrogens is 2. The molecule has 74 valence electrons. The van der Waals surface area contributed by atoms with Crippen molar-refractivity contribution in [1.29, 1.82) is 0 Å². The average Bonchev–Trinajstić information content (AvgIpc) is 2.71. The maximum atomic E-state index is 4.21. The number of anilines is 1. The first kappa shape index (κ1) is 9.33. The van der Waals surface area contributed by atoms with Crippen molar-refractivity contribution in [1.82, 2.24) is 15.2 Å². The normalized spacial score (nSPS) is 10.5. The highest BCUT2D eigenvalue weighted by Gasteiger charge is 2.13. The molecule has 0 atom stereocenters. The molecule has 0 saturated carbocycles. The van der Waals surface area contributed by atoms with Crippen molar-refractivity contribution in [3.63, 3.8) is 0 Å². The van der Waals surface area contributed by atoms with Gasteiger partial charge in [0.05, 0.1) is 15.9 Å². The number of hydrogen-bond donors (Lipinski definition) is 2. The van der Waals surface area contributed by atoms with E-state index < -0.39 is 0 Å². The van der Waals surface area contributed by atoms with Crippen LogP contribution < -0.4 is 4.90 Å². The van der Waals surface area contributed by atoms with E-state index in [0.717, 1.165) is 21.7 Å². The molecule has 0 radical (unpaired) electrons. The molecule has 0 aliphatic carbocycles. The number of halogens is 1. The summed E-state index contributed by atoms with van der Waals surface area (Å²) in [4.78, 5) is 5.08. The summed E-state index contributed by atoms with van der Waals surface area (Å²) in [6, 6.07) is 3.95. The fourth-order valence-electron chi connectivity index (χ4n) is 1.28. The Morgan fingerprint density at radius 2 is 2.21 bits per heavy atom. The lowest BCUT2D eigenvalue weighted by Crippen LogP contribution is -2.09. The molecule has 0 unspecified atom stereocenters. The van der Waals surface area contributed by atoms with E-state index in [1.54, 1.807) is 0 Å². The third-order valence-electron chi connectivity index (χ3n) is 1.98. The highest BCUT2D eigenvalue weighted by Crippen LogP contribution is 2.31.